The number of rotatable bonds is 4. The minimum Gasteiger partial charge on any atom is -0.497 e. The van der Waals surface area contributed by atoms with E-state index in [0.29, 0.717) is 40.4 Å². The zero-order valence-electron chi connectivity index (χ0n) is 15.1. The SMILES string of the molecule is COc1ccc(OC)c(-c2cc(C(=O)N3CC(C)CC(C)C3)no2)c1. The largest absolute Gasteiger partial charge is 0.497 e. The van der Waals surface area contributed by atoms with E-state index in [4.69, 9.17) is 14.0 Å². The molecule has 0 radical (unpaired) electrons. The van der Waals surface area contributed by atoms with Crippen molar-refractivity contribution in [3.8, 4) is 22.8 Å². The topological polar surface area (TPSA) is 64.8 Å². The molecule has 25 heavy (non-hydrogen) atoms. The number of likely N-dealkylation sites (tertiary alicyclic amines) is 1. The highest BCUT2D eigenvalue weighted by Crippen LogP contribution is 2.34. The van der Waals surface area contributed by atoms with Crippen molar-refractivity contribution in [3.05, 3.63) is 30.0 Å². The highest BCUT2D eigenvalue weighted by Gasteiger charge is 2.28. The Bertz CT molecular complexity index is 746. The van der Waals surface area contributed by atoms with Crippen molar-refractivity contribution in [2.75, 3.05) is 27.3 Å². The Morgan fingerprint density at radius 2 is 1.88 bits per heavy atom. The molecule has 0 bridgehead atoms. The summed E-state index contributed by atoms with van der Waals surface area (Å²) in [7, 11) is 3.18. The summed E-state index contributed by atoms with van der Waals surface area (Å²) >= 11 is 0. The molecule has 6 heteroatoms. The van der Waals surface area contributed by atoms with Crippen LogP contribution < -0.4 is 9.47 Å². The molecule has 0 spiro atoms. The number of benzene rings is 1. The smallest absolute Gasteiger partial charge is 0.276 e. The lowest BCUT2D eigenvalue weighted by atomic mass is 9.92. The summed E-state index contributed by atoms with van der Waals surface area (Å²) in [5, 5.41) is 3.99. The molecule has 1 saturated heterocycles. The first kappa shape index (κ1) is 17.3. The molecule has 2 heterocycles. The molecule has 3 rings (SSSR count). The molecule has 0 aliphatic carbocycles. The van der Waals surface area contributed by atoms with Gasteiger partial charge < -0.3 is 18.9 Å². The minimum absolute atomic E-state index is 0.0877. The van der Waals surface area contributed by atoms with Gasteiger partial charge in [-0.1, -0.05) is 19.0 Å². The van der Waals surface area contributed by atoms with Crippen molar-refractivity contribution in [2.45, 2.75) is 20.3 Å². The van der Waals surface area contributed by atoms with Gasteiger partial charge in [-0.15, -0.1) is 0 Å². The quantitative estimate of drug-likeness (QED) is 0.850. The first-order valence-corrected chi connectivity index (χ1v) is 8.50. The summed E-state index contributed by atoms with van der Waals surface area (Å²) in [6, 6.07) is 7.08. The number of carbonyl (C=O) groups is 1. The van der Waals surface area contributed by atoms with Gasteiger partial charge in [0.05, 0.1) is 19.8 Å². The maximum Gasteiger partial charge on any atom is 0.276 e. The highest BCUT2D eigenvalue weighted by atomic mass is 16.5. The number of hydrogen-bond acceptors (Lipinski definition) is 5. The van der Waals surface area contributed by atoms with Crippen LogP contribution in [0.25, 0.3) is 11.3 Å². The molecule has 6 nitrogen and oxygen atoms in total. The van der Waals surface area contributed by atoms with Crippen molar-refractivity contribution in [1.82, 2.24) is 10.1 Å². The van der Waals surface area contributed by atoms with Crippen LogP contribution in [0.15, 0.2) is 28.8 Å². The molecule has 1 amide bonds. The minimum atomic E-state index is -0.0877. The first-order valence-electron chi connectivity index (χ1n) is 8.50. The average Bonchev–Trinajstić information content (AvgIpc) is 3.09. The monoisotopic (exact) mass is 344 g/mol. The predicted octanol–water partition coefficient (Wildman–Crippen LogP) is 3.48. The van der Waals surface area contributed by atoms with Gasteiger partial charge in [-0.25, -0.2) is 0 Å². The van der Waals surface area contributed by atoms with E-state index in [1.165, 1.54) is 0 Å². The number of carbonyl (C=O) groups excluding carboxylic acids is 1. The van der Waals surface area contributed by atoms with Gasteiger partial charge in [0, 0.05) is 19.2 Å². The van der Waals surface area contributed by atoms with Crippen LogP contribution in [-0.4, -0.2) is 43.3 Å². The van der Waals surface area contributed by atoms with Crippen LogP contribution in [0.5, 0.6) is 11.5 Å². The predicted molar refractivity (Wildman–Crippen MR) is 93.9 cm³/mol. The summed E-state index contributed by atoms with van der Waals surface area (Å²) in [5.74, 6) is 2.71. The number of nitrogens with zero attached hydrogens (tertiary/aromatic N) is 2. The molecule has 134 valence electrons. The lowest BCUT2D eigenvalue weighted by molar-refractivity contribution is 0.0613. The fraction of sp³-hybridized carbons (Fsp3) is 0.474. The second kappa shape index (κ2) is 7.17. The zero-order chi connectivity index (χ0) is 18.0. The molecule has 1 fully saturated rings. The van der Waals surface area contributed by atoms with Crippen molar-refractivity contribution in [2.24, 2.45) is 11.8 Å². The lowest BCUT2D eigenvalue weighted by Gasteiger charge is -2.34. The molecule has 0 N–H and O–H groups in total. The second-order valence-electron chi connectivity index (χ2n) is 6.80. The summed E-state index contributed by atoms with van der Waals surface area (Å²) < 4.78 is 16.1. The Morgan fingerprint density at radius 1 is 1.16 bits per heavy atom. The van der Waals surface area contributed by atoms with Crippen LogP contribution >= 0.6 is 0 Å². The molecule has 2 unspecified atom stereocenters. The Balaban J connectivity index is 1.86. The number of methoxy groups -OCH3 is 2. The molecule has 1 aliphatic heterocycles. The Labute approximate surface area is 147 Å². The van der Waals surface area contributed by atoms with Crippen molar-refractivity contribution >= 4 is 5.91 Å². The third kappa shape index (κ3) is 3.62. The number of hydrogen-bond donors (Lipinski definition) is 0. The van der Waals surface area contributed by atoms with E-state index in [1.807, 2.05) is 4.90 Å². The van der Waals surface area contributed by atoms with Crippen molar-refractivity contribution < 1.29 is 18.8 Å². The van der Waals surface area contributed by atoms with Gasteiger partial charge in [0.1, 0.15) is 11.5 Å². The van der Waals surface area contributed by atoms with Gasteiger partial charge in [0.2, 0.25) is 0 Å². The van der Waals surface area contributed by atoms with Gasteiger partial charge in [0.25, 0.3) is 5.91 Å². The fourth-order valence-electron chi connectivity index (χ4n) is 3.50. The maximum absolute atomic E-state index is 12.8. The lowest BCUT2D eigenvalue weighted by Crippen LogP contribution is -2.42. The highest BCUT2D eigenvalue weighted by molar-refractivity contribution is 5.93. The van der Waals surface area contributed by atoms with Gasteiger partial charge in [-0.05, 0) is 36.5 Å². The number of amides is 1. The molecular weight excluding hydrogens is 320 g/mol. The number of piperidine rings is 1. The molecular formula is C19H24N2O4. The van der Waals surface area contributed by atoms with Crippen LogP contribution in [0.1, 0.15) is 30.8 Å². The standard InChI is InChI=1S/C19H24N2O4/c1-12-7-13(2)11-21(10-12)19(22)16-9-18(25-20-16)15-8-14(23-3)5-6-17(15)24-4/h5-6,8-9,12-13H,7,10-11H2,1-4H3. The van der Waals surface area contributed by atoms with Crippen LogP contribution in [0.4, 0.5) is 0 Å². The van der Waals surface area contributed by atoms with E-state index in [0.717, 1.165) is 19.5 Å². The van der Waals surface area contributed by atoms with Crippen LogP contribution in [0.2, 0.25) is 0 Å². The van der Waals surface area contributed by atoms with Gasteiger partial charge >= 0.3 is 0 Å². The van der Waals surface area contributed by atoms with Crippen molar-refractivity contribution in [1.29, 1.82) is 0 Å². The van der Waals surface area contributed by atoms with E-state index in [-0.39, 0.29) is 5.91 Å². The summed E-state index contributed by atoms with van der Waals surface area (Å²) in [6.45, 7) is 5.86. The van der Waals surface area contributed by atoms with Crippen LogP contribution in [0, 0.1) is 11.8 Å². The molecule has 1 aliphatic rings. The van der Waals surface area contributed by atoms with Gasteiger partial charge in [-0.3, -0.25) is 4.79 Å². The Hall–Kier alpha value is -2.50. The average molecular weight is 344 g/mol. The third-order valence-corrected chi connectivity index (χ3v) is 4.56. The van der Waals surface area contributed by atoms with E-state index < -0.39 is 0 Å². The molecule has 0 saturated carbocycles. The van der Waals surface area contributed by atoms with E-state index >= 15 is 0 Å². The van der Waals surface area contributed by atoms with Gasteiger partial charge in [-0.2, -0.15) is 0 Å². The van der Waals surface area contributed by atoms with Crippen LogP contribution in [0.3, 0.4) is 0 Å². The third-order valence-electron chi connectivity index (χ3n) is 4.56. The normalized spacial score (nSPS) is 20.4. The first-order chi connectivity index (χ1) is 12.0. The number of aromatic nitrogens is 1. The van der Waals surface area contributed by atoms with E-state index in [2.05, 4.69) is 19.0 Å². The van der Waals surface area contributed by atoms with Crippen molar-refractivity contribution in [3.63, 3.8) is 0 Å². The second-order valence-corrected chi connectivity index (χ2v) is 6.80. The maximum atomic E-state index is 12.8. The summed E-state index contributed by atoms with van der Waals surface area (Å²) in [4.78, 5) is 14.6. The molecule has 1 aromatic carbocycles. The van der Waals surface area contributed by atoms with Crippen LogP contribution in [-0.2, 0) is 0 Å². The number of ether oxygens (including phenoxy) is 2. The molecule has 2 atom stereocenters. The molecule has 1 aromatic heterocycles. The van der Waals surface area contributed by atoms with E-state index in [1.54, 1.807) is 38.5 Å². The van der Waals surface area contributed by atoms with E-state index in [9.17, 15) is 4.79 Å². The zero-order valence-corrected chi connectivity index (χ0v) is 15.1. The Morgan fingerprint density at radius 3 is 2.52 bits per heavy atom. The molecule has 2 aromatic rings. The van der Waals surface area contributed by atoms with Gasteiger partial charge in [0.15, 0.2) is 11.5 Å². The summed E-state index contributed by atoms with van der Waals surface area (Å²) in [6.07, 6.45) is 1.15. The summed E-state index contributed by atoms with van der Waals surface area (Å²) in [5.41, 5.74) is 1.02. The Kier molecular flexibility index (Phi) is 4.97. The fourth-order valence-corrected chi connectivity index (χ4v) is 3.50.